The van der Waals surface area contributed by atoms with E-state index in [1.54, 1.807) is 0 Å². The monoisotopic (exact) mass is 349 g/mol. The molecule has 0 spiro atoms. The highest BCUT2D eigenvalue weighted by Crippen LogP contribution is 2.27. The molecule has 0 aromatic rings. The van der Waals surface area contributed by atoms with E-state index in [9.17, 15) is 9.59 Å². The minimum atomic E-state index is -0.140. The Morgan fingerprint density at radius 3 is 2.12 bits per heavy atom. The molecule has 0 radical (unpaired) electrons. The Hall–Kier alpha value is -1.12. The van der Waals surface area contributed by atoms with Crippen molar-refractivity contribution in [3.05, 3.63) is 12.2 Å². The fourth-order valence-corrected chi connectivity index (χ4v) is 3.65. The lowest BCUT2D eigenvalue weighted by Gasteiger charge is -2.17. The molecule has 2 unspecified atom stereocenters. The molecule has 0 aromatic heterocycles. The topological polar surface area (TPSA) is 46.2 Å². The largest absolute Gasteiger partial charge is 0.296 e. The standard InChI is InChI=1S/C22H39NO2/c1-3-5-7-8-9-10-11-12-13-15-17-19(16-14-6-4-2)20-18-21(24)23-22(20)25/h15,17,19-20H,3-14,16,18H2,1-2H3,(H,23,24,25)/b17-15+. The summed E-state index contributed by atoms with van der Waals surface area (Å²) >= 11 is 0. The Morgan fingerprint density at radius 1 is 0.920 bits per heavy atom. The zero-order chi connectivity index (χ0) is 18.3. The van der Waals surface area contributed by atoms with Gasteiger partial charge in [-0.2, -0.15) is 0 Å². The van der Waals surface area contributed by atoms with E-state index in [1.807, 2.05) is 0 Å². The molecule has 3 heteroatoms. The first-order valence-electron chi connectivity index (χ1n) is 10.7. The summed E-state index contributed by atoms with van der Waals surface area (Å²) in [6.07, 6.45) is 21.2. The zero-order valence-electron chi connectivity index (χ0n) is 16.5. The van der Waals surface area contributed by atoms with Gasteiger partial charge in [0, 0.05) is 6.42 Å². The van der Waals surface area contributed by atoms with Gasteiger partial charge in [-0.3, -0.25) is 14.9 Å². The zero-order valence-corrected chi connectivity index (χ0v) is 16.5. The van der Waals surface area contributed by atoms with Crippen molar-refractivity contribution in [1.29, 1.82) is 0 Å². The molecule has 0 bridgehead atoms. The minimum Gasteiger partial charge on any atom is -0.296 e. The van der Waals surface area contributed by atoms with Crippen LogP contribution in [0.4, 0.5) is 0 Å². The van der Waals surface area contributed by atoms with E-state index < -0.39 is 0 Å². The molecular weight excluding hydrogens is 310 g/mol. The fourth-order valence-electron chi connectivity index (χ4n) is 3.65. The molecule has 1 rings (SSSR count). The van der Waals surface area contributed by atoms with Crippen LogP contribution >= 0.6 is 0 Å². The van der Waals surface area contributed by atoms with E-state index in [0.29, 0.717) is 6.42 Å². The second-order valence-corrected chi connectivity index (χ2v) is 7.57. The summed E-state index contributed by atoms with van der Waals surface area (Å²) in [6.45, 7) is 4.45. The van der Waals surface area contributed by atoms with Gasteiger partial charge in [-0.1, -0.05) is 90.2 Å². The van der Waals surface area contributed by atoms with Crippen LogP contribution in [0.5, 0.6) is 0 Å². The Kier molecular flexibility index (Phi) is 12.4. The van der Waals surface area contributed by atoms with Gasteiger partial charge in [-0.05, 0) is 25.2 Å². The molecule has 3 nitrogen and oxygen atoms in total. The number of nitrogens with one attached hydrogen (secondary N) is 1. The van der Waals surface area contributed by atoms with Crippen molar-refractivity contribution in [3.8, 4) is 0 Å². The molecular formula is C22H39NO2. The lowest BCUT2D eigenvalue weighted by Crippen LogP contribution is -2.25. The highest BCUT2D eigenvalue weighted by Gasteiger charge is 2.35. The molecule has 1 N–H and O–H groups in total. The molecule has 1 saturated heterocycles. The average Bonchev–Trinajstić information content (AvgIpc) is 2.93. The molecule has 0 aromatic carbocycles. The van der Waals surface area contributed by atoms with Crippen LogP contribution in [0.3, 0.4) is 0 Å². The van der Waals surface area contributed by atoms with E-state index in [4.69, 9.17) is 0 Å². The van der Waals surface area contributed by atoms with E-state index in [2.05, 4.69) is 31.3 Å². The van der Waals surface area contributed by atoms with Crippen LogP contribution in [0.25, 0.3) is 0 Å². The van der Waals surface area contributed by atoms with E-state index in [1.165, 1.54) is 64.2 Å². The third kappa shape index (κ3) is 9.81. The van der Waals surface area contributed by atoms with Gasteiger partial charge in [-0.15, -0.1) is 0 Å². The number of amides is 2. The van der Waals surface area contributed by atoms with Gasteiger partial charge >= 0.3 is 0 Å². The normalized spacial score (nSPS) is 18.9. The molecule has 0 aliphatic carbocycles. The second kappa shape index (κ2) is 14.1. The van der Waals surface area contributed by atoms with Crippen molar-refractivity contribution in [1.82, 2.24) is 5.32 Å². The summed E-state index contributed by atoms with van der Waals surface area (Å²) in [4.78, 5) is 23.5. The van der Waals surface area contributed by atoms with E-state index in [-0.39, 0.29) is 23.7 Å². The van der Waals surface area contributed by atoms with Gasteiger partial charge in [0.05, 0.1) is 5.92 Å². The number of imide groups is 1. The third-order valence-corrected chi connectivity index (χ3v) is 5.27. The summed E-state index contributed by atoms with van der Waals surface area (Å²) in [5, 5.41) is 2.47. The Balaban J connectivity index is 2.25. The average molecular weight is 350 g/mol. The number of carbonyl (C=O) groups is 2. The van der Waals surface area contributed by atoms with Crippen molar-refractivity contribution in [3.63, 3.8) is 0 Å². The van der Waals surface area contributed by atoms with Gasteiger partial charge < -0.3 is 0 Å². The summed E-state index contributed by atoms with van der Waals surface area (Å²) in [6, 6.07) is 0. The highest BCUT2D eigenvalue weighted by atomic mass is 16.2. The molecule has 1 fully saturated rings. The maximum absolute atomic E-state index is 12.0. The van der Waals surface area contributed by atoms with Crippen molar-refractivity contribution in [2.45, 2.75) is 104 Å². The van der Waals surface area contributed by atoms with Crippen molar-refractivity contribution in [2.75, 3.05) is 0 Å². The van der Waals surface area contributed by atoms with Crippen LogP contribution in [0.2, 0.25) is 0 Å². The molecule has 1 aliphatic heterocycles. The van der Waals surface area contributed by atoms with Gasteiger partial charge in [-0.25, -0.2) is 0 Å². The Labute approximate surface area is 155 Å². The molecule has 25 heavy (non-hydrogen) atoms. The Bertz CT molecular complexity index is 403. The SMILES string of the molecule is CCCCCCCCCC/C=C/C(CCCCC)C1CC(=O)NC1=O. The fraction of sp³-hybridized carbons (Fsp3) is 0.818. The number of carbonyl (C=O) groups excluding carboxylic acids is 2. The van der Waals surface area contributed by atoms with E-state index >= 15 is 0 Å². The highest BCUT2D eigenvalue weighted by molar-refractivity contribution is 6.03. The van der Waals surface area contributed by atoms with Crippen LogP contribution < -0.4 is 5.32 Å². The molecule has 1 heterocycles. The molecule has 0 saturated carbocycles. The molecule has 144 valence electrons. The molecule has 1 aliphatic rings. The number of hydrogen-bond donors (Lipinski definition) is 1. The number of rotatable bonds is 15. The number of hydrogen-bond acceptors (Lipinski definition) is 2. The van der Waals surface area contributed by atoms with Crippen molar-refractivity contribution in [2.24, 2.45) is 11.8 Å². The van der Waals surface area contributed by atoms with Crippen LogP contribution in [0.1, 0.15) is 104 Å². The predicted molar refractivity (Wildman–Crippen MR) is 105 cm³/mol. The predicted octanol–water partition coefficient (Wildman–Crippen LogP) is 5.93. The van der Waals surface area contributed by atoms with Crippen LogP contribution in [-0.4, -0.2) is 11.8 Å². The van der Waals surface area contributed by atoms with E-state index in [0.717, 1.165) is 19.3 Å². The third-order valence-electron chi connectivity index (χ3n) is 5.27. The number of unbranched alkanes of at least 4 members (excludes halogenated alkanes) is 10. The quantitative estimate of drug-likeness (QED) is 0.226. The number of allylic oxidation sites excluding steroid dienone is 2. The van der Waals surface area contributed by atoms with Gasteiger partial charge in [0.1, 0.15) is 0 Å². The van der Waals surface area contributed by atoms with Gasteiger partial charge in [0.25, 0.3) is 0 Å². The lowest BCUT2D eigenvalue weighted by atomic mass is 9.86. The maximum Gasteiger partial charge on any atom is 0.230 e. The second-order valence-electron chi connectivity index (χ2n) is 7.57. The molecule has 2 amide bonds. The summed E-state index contributed by atoms with van der Waals surface area (Å²) in [5.74, 6) is -0.0820. The van der Waals surface area contributed by atoms with Crippen LogP contribution in [0, 0.1) is 11.8 Å². The van der Waals surface area contributed by atoms with Crippen LogP contribution in [0.15, 0.2) is 12.2 Å². The first kappa shape index (κ1) is 21.9. The van der Waals surface area contributed by atoms with Crippen molar-refractivity contribution < 1.29 is 9.59 Å². The summed E-state index contributed by atoms with van der Waals surface area (Å²) in [5.41, 5.74) is 0. The van der Waals surface area contributed by atoms with Crippen LogP contribution in [-0.2, 0) is 9.59 Å². The maximum atomic E-state index is 12.0. The minimum absolute atomic E-state index is 0.0665. The lowest BCUT2D eigenvalue weighted by molar-refractivity contribution is -0.126. The van der Waals surface area contributed by atoms with Gasteiger partial charge in [0.2, 0.25) is 11.8 Å². The summed E-state index contributed by atoms with van der Waals surface area (Å²) in [7, 11) is 0. The molecule has 2 atom stereocenters. The Morgan fingerprint density at radius 2 is 1.52 bits per heavy atom. The smallest absolute Gasteiger partial charge is 0.230 e. The first-order chi connectivity index (χ1) is 12.2. The summed E-state index contributed by atoms with van der Waals surface area (Å²) < 4.78 is 0. The van der Waals surface area contributed by atoms with Gasteiger partial charge in [0.15, 0.2) is 0 Å². The first-order valence-corrected chi connectivity index (χ1v) is 10.7. The van der Waals surface area contributed by atoms with Crippen molar-refractivity contribution >= 4 is 11.8 Å².